The third-order valence-electron chi connectivity index (χ3n) is 6.09. The van der Waals surface area contributed by atoms with Crippen molar-refractivity contribution in [2.75, 3.05) is 19.2 Å². The number of para-hydroxylation sites is 2. The Kier molecular flexibility index (Phi) is 6.78. The number of hydrogen-bond acceptors (Lipinski definition) is 4. The molecule has 0 amide bonds. The molecule has 0 spiro atoms. The Morgan fingerprint density at radius 3 is 2.33 bits per heavy atom. The van der Waals surface area contributed by atoms with Crippen LogP contribution in [0.1, 0.15) is 5.56 Å². The van der Waals surface area contributed by atoms with Crippen LogP contribution in [0.5, 0.6) is 17.2 Å². The second-order valence-corrected chi connectivity index (χ2v) is 9.29. The standard InChI is InChI=1S/C30H26BrN3O2/c1-33-26-12-8-7-11-25(26)30(29(33)22-14-16-23(31)17-15-22)36-27-18-13-21(19-28(27)35-3)20-32-34(2)24-9-5-4-6-10-24/h4-20H,1-3H3/b32-20-. The van der Waals surface area contributed by atoms with Crippen LogP contribution in [0.4, 0.5) is 5.69 Å². The van der Waals surface area contributed by atoms with Gasteiger partial charge in [-0.3, -0.25) is 5.01 Å². The van der Waals surface area contributed by atoms with Crippen molar-refractivity contribution in [3.8, 4) is 28.5 Å². The predicted molar refractivity (Wildman–Crippen MR) is 152 cm³/mol. The van der Waals surface area contributed by atoms with Crippen molar-refractivity contribution in [1.29, 1.82) is 0 Å². The van der Waals surface area contributed by atoms with Gasteiger partial charge in [-0.2, -0.15) is 5.10 Å². The Morgan fingerprint density at radius 2 is 1.58 bits per heavy atom. The fourth-order valence-corrected chi connectivity index (χ4v) is 4.48. The van der Waals surface area contributed by atoms with E-state index in [9.17, 15) is 0 Å². The topological polar surface area (TPSA) is 39.0 Å². The second kappa shape index (κ2) is 10.3. The number of halogens is 1. The summed E-state index contributed by atoms with van der Waals surface area (Å²) in [4.78, 5) is 0. The van der Waals surface area contributed by atoms with Crippen LogP contribution in [-0.4, -0.2) is 24.9 Å². The van der Waals surface area contributed by atoms with Gasteiger partial charge in [-0.25, -0.2) is 0 Å². The lowest BCUT2D eigenvalue weighted by Gasteiger charge is -2.14. The molecule has 4 aromatic carbocycles. The number of rotatable bonds is 7. The van der Waals surface area contributed by atoms with Gasteiger partial charge in [-0.05, 0) is 60.2 Å². The number of anilines is 1. The van der Waals surface area contributed by atoms with Crippen molar-refractivity contribution in [3.63, 3.8) is 0 Å². The molecule has 0 unspecified atom stereocenters. The van der Waals surface area contributed by atoms with E-state index in [0.29, 0.717) is 11.5 Å². The first-order valence-electron chi connectivity index (χ1n) is 11.6. The maximum absolute atomic E-state index is 6.59. The molecule has 0 radical (unpaired) electrons. The van der Waals surface area contributed by atoms with Crippen molar-refractivity contribution in [3.05, 3.63) is 107 Å². The molecule has 5 aromatic rings. The molecule has 180 valence electrons. The maximum atomic E-state index is 6.59. The zero-order valence-electron chi connectivity index (χ0n) is 20.4. The van der Waals surface area contributed by atoms with E-state index in [4.69, 9.17) is 9.47 Å². The summed E-state index contributed by atoms with van der Waals surface area (Å²) in [5.41, 5.74) is 5.08. The molecule has 5 nitrogen and oxygen atoms in total. The second-order valence-electron chi connectivity index (χ2n) is 8.38. The van der Waals surface area contributed by atoms with Crippen LogP contribution in [0.15, 0.2) is 107 Å². The van der Waals surface area contributed by atoms with Gasteiger partial charge in [0.2, 0.25) is 0 Å². The largest absolute Gasteiger partial charge is 0.493 e. The molecule has 0 aliphatic carbocycles. The zero-order chi connectivity index (χ0) is 25.1. The Morgan fingerprint density at radius 1 is 0.861 bits per heavy atom. The van der Waals surface area contributed by atoms with E-state index < -0.39 is 0 Å². The van der Waals surface area contributed by atoms with E-state index in [1.54, 1.807) is 7.11 Å². The molecule has 0 aliphatic heterocycles. The lowest BCUT2D eigenvalue weighted by atomic mass is 10.1. The molecular weight excluding hydrogens is 514 g/mol. The van der Waals surface area contributed by atoms with Gasteiger partial charge in [0.1, 0.15) is 0 Å². The molecule has 0 fully saturated rings. The number of methoxy groups -OCH3 is 1. The Hall–Kier alpha value is -4.03. The number of nitrogens with zero attached hydrogens (tertiary/aromatic N) is 3. The van der Waals surface area contributed by atoms with Gasteiger partial charge in [0.25, 0.3) is 0 Å². The van der Waals surface area contributed by atoms with Crippen molar-refractivity contribution in [1.82, 2.24) is 4.57 Å². The summed E-state index contributed by atoms with van der Waals surface area (Å²) in [6.07, 6.45) is 1.81. The molecule has 0 saturated heterocycles. The van der Waals surface area contributed by atoms with E-state index >= 15 is 0 Å². The third kappa shape index (κ3) is 4.72. The highest BCUT2D eigenvalue weighted by Crippen LogP contribution is 2.44. The average Bonchev–Trinajstić information content (AvgIpc) is 3.20. The Labute approximate surface area is 219 Å². The number of hydrogen-bond donors (Lipinski definition) is 0. The first-order chi connectivity index (χ1) is 17.5. The monoisotopic (exact) mass is 539 g/mol. The minimum absolute atomic E-state index is 0.635. The van der Waals surface area contributed by atoms with E-state index in [0.717, 1.165) is 43.6 Å². The smallest absolute Gasteiger partial charge is 0.169 e. The van der Waals surface area contributed by atoms with Crippen LogP contribution in [0, 0.1) is 0 Å². The minimum atomic E-state index is 0.635. The molecule has 0 bridgehead atoms. The minimum Gasteiger partial charge on any atom is -0.493 e. The van der Waals surface area contributed by atoms with Crippen molar-refractivity contribution in [2.24, 2.45) is 12.1 Å². The molecule has 1 aromatic heterocycles. The average molecular weight is 540 g/mol. The molecule has 0 N–H and O–H groups in total. The van der Waals surface area contributed by atoms with Crippen molar-refractivity contribution in [2.45, 2.75) is 0 Å². The summed E-state index contributed by atoms with van der Waals surface area (Å²) in [6.45, 7) is 0. The van der Waals surface area contributed by atoms with Gasteiger partial charge in [0.05, 0.1) is 30.2 Å². The number of fused-ring (bicyclic) bond motifs is 1. The van der Waals surface area contributed by atoms with Gasteiger partial charge in [-0.1, -0.05) is 58.4 Å². The lowest BCUT2D eigenvalue weighted by Crippen LogP contribution is -2.08. The van der Waals surface area contributed by atoms with Gasteiger partial charge in [-0.15, -0.1) is 0 Å². The normalized spacial score (nSPS) is 11.2. The van der Waals surface area contributed by atoms with Crippen molar-refractivity contribution >= 4 is 38.7 Å². The fourth-order valence-electron chi connectivity index (χ4n) is 4.22. The van der Waals surface area contributed by atoms with Crippen LogP contribution in [-0.2, 0) is 7.05 Å². The molecule has 0 atom stereocenters. The molecule has 36 heavy (non-hydrogen) atoms. The Balaban J connectivity index is 1.51. The van der Waals surface area contributed by atoms with Gasteiger partial charge in [0, 0.05) is 29.5 Å². The molecule has 6 heteroatoms. The number of hydrazone groups is 1. The molecular formula is C30H26BrN3O2. The number of ether oxygens (including phenoxy) is 2. The van der Waals surface area contributed by atoms with Crippen LogP contribution in [0.25, 0.3) is 22.2 Å². The van der Waals surface area contributed by atoms with Crippen molar-refractivity contribution < 1.29 is 9.47 Å². The molecule has 0 aliphatic rings. The SMILES string of the molecule is COc1cc(/C=N\N(C)c2ccccc2)ccc1Oc1c(-c2ccc(Br)cc2)n(C)c2ccccc12. The number of aryl methyl sites for hydroxylation is 1. The summed E-state index contributed by atoms with van der Waals surface area (Å²) < 4.78 is 15.5. The van der Waals surface area contributed by atoms with Gasteiger partial charge < -0.3 is 14.0 Å². The summed E-state index contributed by atoms with van der Waals surface area (Å²) in [5.74, 6) is 2.07. The van der Waals surface area contributed by atoms with Crippen LogP contribution in [0.2, 0.25) is 0 Å². The predicted octanol–water partition coefficient (Wildman–Crippen LogP) is 7.88. The van der Waals surface area contributed by atoms with Crippen LogP contribution < -0.4 is 14.5 Å². The maximum Gasteiger partial charge on any atom is 0.169 e. The van der Waals surface area contributed by atoms with E-state index in [-0.39, 0.29) is 0 Å². The molecule has 0 saturated carbocycles. The molecule has 1 heterocycles. The summed E-state index contributed by atoms with van der Waals surface area (Å²) in [7, 11) is 5.63. The lowest BCUT2D eigenvalue weighted by molar-refractivity contribution is 0.380. The fraction of sp³-hybridized carbons (Fsp3) is 0.100. The number of benzene rings is 4. The van der Waals surface area contributed by atoms with Gasteiger partial charge >= 0.3 is 0 Å². The number of aromatic nitrogens is 1. The van der Waals surface area contributed by atoms with E-state index in [2.05, 4.69) is 56.9 Å². The van der Waals surface area contributed by atoms with Crippen LogP contribution in [0.3, 0.4) is 0 Å². The van der Waals surface area contributed by atoms with E-state index in [1.807, 2.05) is 91.1 Å². The zero-order valence-corrected chi connectivity index (χ0v) is 21.9. The summed E-state index contributed by atoms with van der Waals surface area (Å²) in [6, 6.07) is 32.4. The molecule has 5 rings (SSSR count). The summed E-state index contributed by atoms with van der Waals surface area (Å²) >= 11 is 3.54. The van der Waals surface area contributed by atoms with Gasteiger partial charge in [0.15, 0.2) is 17.2 Å². The highest BCUT2D eigenvalue weighted by molar-refractivity contribution is 9.10. The summed E-state index contributed by atoms with van der Waals surface area (Å²) in [5, 5.41) is 7.43. The Bertz CT molecular complexity index is 1530. The highest BCUT2D eigenvalue weighted by Gasteiger charge is 2.20. The van der Waals surface area contributed by atoms with E-state index in [1.165, 1.54) is 0 Å². The first-order valence-corrected chi connectivity index (χ1v) is 12.4. The highest BCUT2D eigenvalue weighted by atomic mass is 79.9. The van der Waals surface area contributed by atoms with Crippen LogP contribution >= 0.6 is 15.9 Å². The third-order valence-corrected chi connectivity index (χ3v) is 6.62. The quantitative estimate of drug-likeness (QED) is 0.156. The first kappa shape index (κ1) is 23.7.